The number of halogens is 1. The van der Waals surface area contributed by atoms with Crippen LogP contribution in [-0.4, -0.2) is 9.97 Å². The van der Waals surface area contributed by atoms with Crippen LogP contribution in [0.15, 0.2) is 0 Å². The molecule has 1 aromatic rings. The molecule has 0 saturated heterocycles. The molecule has 1 aliphatic rings. The summed E-state index contributed by atoms with van der Waals surface area (Å²) in [5.41, 5.74) is 6.84. The Labute approximate surface area is 97.7 Å². The summed E-state index contributed by atoms with van der Waals surface area (Å²) in [5.74, 6) is 2.14. The van der Waals surface area contributed by atoms with Crippen molar-refractivity contribution < 1.29 is 0 Å². The third-order valence-corrected chi connectivity index (χ3v) is 4.11. The van der Waals surface area contributed by atoms with E-state index >= 15 is 0 Å². The number of anilines is 1. The molecule has 0 spiro atoms. The van der Waals surface area contributed by atoms with E-state index in [0.29, 0.717) is 11.7 Å². The van der Waals surface area contributed by atoms with E-state index in [-0.39, 0.29) is 0 Å². The molecular weight excluding hydrogens is 289 g/mol. The van der Waals surface area contributed by atoms with Crippen molar-refractivity contribution in [3.05, 3.63) is 15.1 Å². The molecule has 0 atom stereocenters. The van der Waals surface area contributed by atoms with E-state index in [1.54, 1.807) is 0 Å². The van der Waals surface area contributed by atoms with Crippen LogP contribution in [0.3, 0.4) is 0 Å². The van der Waals surface area contributed by atoms with E-state index in [2.05, 4.69) is 32.6 Å². The van der Waals surface area contributed by atoms with Crippen LogP contribution in [0.4, 0.5) is 5.82 Å². The molecule has 1 fully saturated rings. The van der Waals surface area contributed by atoms with Crippen LogP contribution >= 0.6 is 22.6 Å². The Kier molecular flexibility index (Phi) is 2.90. The predicted molar refractivity (Wildman–Crippen MR) is 65.1 cm³/mol. The molecule has 2 rings (SSSR count). The average Bonchev–Trinajstić information content (AvgIpc) is 2.66. The minimum Gasteiger partial charge on any atom is -0.383 e. The number of nitrogens with zero attached hydrogens (tertiary/aromatic N) is 2. The zero-order valence-corrected chi connectivity index (χ0v) is 10.4. The molecule has 1 saturated carbocycles. The summed E-state index contributed by atoms with van der Waals surface area (Å²) in [7, 11) is 0. The lowest BCUT2D eigenvalue weighted by Gasteiger charge is -2.10. The maximum Gasteiger partial charge on any atom is 0.140 e. The fourth-order valence-corrected chi connectivity index (χ4v) is 2.21. The zero-order valence-electron chi connectivity index (χ0n) is 8.26. The van der Waals surface area contributed by atoms with Gasteiger partial charge in [-0.2, -0.15) is 0 Å². The first-order valence-electron chi connectivity index (χ1n) is 4.98. The number of hydrogen-bond acceptors (Lipinski definition) is 3. The Hall–Kier alpha value is -0.390. The van der Waals surface area contributed by atoms with Gasteiger partial charge in [0.25, 0.3) is 0 Å². The minimum atomic E-state index is 0.549. The second kappa shape index (κ2) is 4.00. The second-order valence-electron chi connectivity index (χ2n) is 3.85. The number of aromatic nitrogens is 2. The average molecular weight is 303 g/mol. The number of aryl methyl sites for hydroxylation is 1. The van der Waals surface area contributed by atoms with E-state index in [0.717, 1.165) is 15.1 Å². The Morgan fingerprint density at radius 3 is 2.50 bits per heavy atom. The van der Waals surface area contributed by atoms with Crippen LogP contribution in [0, 0.1) is 10.5 Å². The molecule has 0 radical (unpaired) electrons. The fourth-order valence-electron chi connectivity index (χ4n) is 1.97. The highest BCUT2D eigenvalue weighted by molar-refractivity contribution is 14.1. The second-order valence-corrected chi connectivity index (χ2v) is 4.93. The fraction of sp³-hybridized carbons (Fsp3) is 0.600. The monoisotopic (exact) mass is 303 g/mol. The highest BCUT2D eigenvalue weighted by Crippen LogP contribution is 2.33. The number of nitrogen functional groups attached to an aromatic ring is 1. The smallest absolute Gasteiger partial charge is 0.140 e. The van der Waals surface area contributed by atoms with Crippen molar-refractivity contribution in [1.82, 2.24) is 9.97 Å². The lowest BCUT2D eigenvalue weighted by atomic mass is 10.1. The molecule has 0 aliphatic heterocycles. The third kappa shape index (κ3) is 1.85. The largest absolute Gasteiger partial charge is 0.383 e. The Morgan fingerprint density at radius 1 is 1.29 bits per heavy atom. The summed E-state index contributed by atoms with van der Waals surface area (Å²) in [6, 6.07) is 0. The van der Waals surface area contributed by atoms with E-state index in [4.69, 9.17) is 5.73 Å². The van der Waals surface area contributed by atoms with Gasteiger partial charge in [-0.3, -0.25) is 0 Å². The highest BCUT2D eigenvalue weighted by Gasteiger charge is 2.21. The molecule has 2 N–H and O–H groups in total. The summed E-state index contributed by atoms with van der Waals surface area (Å²) in [6.07, 6.45) is 5.05. The molecule has 0 aromatic carbocycles. The van der Waals surface area contributed by atoms with Crippen LogP contribution < -0.4 is 5.73 Å². The summed E-state index contributed by atoms with van der Waals surface area (Å²) in [4.78, 5) is 8.89. The lowest BCUT2D eigenvalue weighted by Crippen LogP contribution is -2.07. The van der Waals surface area contributed by atoms with Crippen molar-refractivity contribution in [2.75, 3.05) is 5.73 Å². The van der Waals surface area contributed by atoms with E-state index < -0.39 is 0 Å². The predicted octanol–water partition coefficient (Wildman–Crippen LogP) is 2.63. The van der Waals surface area contributed by atoms with Crippen molar-refractivity contribution >= 4 is 28.4 Å². The molecule has 4 heteroatoms. The van der Waals surface area contributed by atoms with Gasteiger partial charge >= 0.3 is 0 Å². The van der Waals surface area contributed by atoms with Gasteiger partial charge in [-0.25, -0.2) is 9.97 Å². The molecule has 0 unspecified atom stereocenters. The van der Waals surface area contributed by atoms with Gasteiger partial charge in [0, 0.05) is 5.92 Å². The maximum absolute atomic E-state index is 5.83. The van der Waals surface area contributed by atoms with Crippen LogP contribution in [0.25, 0.3) is 0 Å². The molecular formula is C10H14IN3. The van der Waals surface area contributed by atoms with E-state index in [9.17, 15) is 0 Å². The SMILES string of the molecule is Cc1nc(C2CCCC2)nc(N)c1I. The van der Waals surface area contributed by atoms with Crippen LogP contribution in [0.1, 0.15) is 43.1 Å². The first-order valence-corrected chi connectivity index (χ1v) is 6.06. The topological polar surface area (TPSA) is 51.8 Å². The highest BCUT2D eigenvalue weighted by atomic mass is 127. The quantitative estimate of drug-likeness (QED) is 0.811. The summed E-state index contributed by atoms with van der Waals surface area (Å²) >= 11 is 2.20. The van der Waals surface area contributed by atoms with Gasteiger partial charge < -0.3 is 5.73 Å². The first kappa shape index (κ1) is 10.1. The first-order chi connectivity index (χ1) is 6.68. The molecule has 0 amide bonds. The van der Waals surface area contributed by atoms with Gasteiger partial charge in [0.1, 0.15) is 11.6 Å². The molecule has 3 nitrogen and oxygen atoms in total. The zero-order chi connectivity index (χ0) is 10.1. The third-order valence-electron chi connectivity index (χ3n) is 2.78. The normalized spacial score (nSPS) is 17.6. The lowest BCUT2D eigenvalue weighted by molar-refractivity contribution is 0.664. The summed E-state index contributed by atoms with van der Waals surface area (Å²) < 4.78 is 0.990. The summed E-state index contributed by atoms with van der Waals surface area (Å²) in [6.45, 7) is 2.00. The van der Waals surface area contributed by atoms with Gasteiger partial charge in [-0.1, -0.05) is 12.8 Å². The van der Waals surface area contributed by atoms with Gasteiger partial charge in [0.2, 0.25) is 0 Å². The van der Waals surface area contributed by atoms with Crippen molar-refractivity contribution in [1.29, 1.82) is 0 Å². The molecule has 1 aromatic heterocycles. The number of hydrogen-bond donors (Lipinski definition) is 1. The van der Waals surface area contributed by atoms with Gasteiger partial charge in [0.05, 0.1) is 9.26 Å². The van der Waals surface area contributed by atoms with E-state index in [1.807, 2.05) is 6.92 Å². The minimum absolute atomic E-state index is 0.549. The summed E-state index contributed by atoms with van der Waals surface area (Å²) in [5, 5.41) is 0. The maximum atomic E-state index is 5.83. The molecule has 0 bridgehead atoms. The molecule has 1 aliphatic carbocycles. The van der Waals surface area contributed by atoms with Crippen LogP contribution in [0.5, 0.6) is 0 Å². The standard InChI is InChI=1S/C10H14IN3/c1-6-8(11)9(12)14-10(13-6)7-4-2-3-5-7/h7H,2-5H2,1H3,(H2,12,13,14). The molecule has 76 valence electrons. The number of nitrogens with two attached hydrogens (primary N) is 1. The number of rotatable bonds is 1. The van der Waals surface area contributed by atoms with Gasteiger partial charge in [0.15, 0.2) is 0 Å². The van der Waals surface area contributed by atoms with E-state index in [1.165, 1.54) is 25.7 Å². The Balaban J connectivity index is 2.34. The van der Waals surface area contributed by atoms with Crippen molar-refractivity contribution in [3.63, 3.8) is 0 Å². The molecule has 14 heavy (non-hydrogen) atoms. The van der Waals surface area contributed by atoms with Crippen molar-refractivity contribution in [2.45, 2.75) is 38.5 Å². The van der Waals surface area contributed by atoms with Crippen LogP contribution in [0.2, 0.25) is 0 Å². The Bertz CT molecular complexity index is 322. The van der Waals surface area contributed by atoms with Gasteiger partial charge in [-0.05, 0) is 42.4 Å². The van der Waals surface area contributed by atoms with Crippen molar-refractivity contribution in [3.8, 4) is 0 Å². The van der Waals surface area contributed by atoms with Crippen molar-refractivity contribution in [2.24, 2.45) is 0 Å². The molecule has 1 heterocycles. The van der Waals surface area contributed by atoms with Crippen LogP contribution in [-0.2, 0) is 0 Å². The Morgan fingerprint density at radius 2 is 1.93 bits per heavy atom. The van der Waals surface area contributed by atoms with Gasteiger partial charge in [-0.15, -0.1) is 0 Å².